The summed E-state index contributed by atoms with van der Waals surface area (Å²) in [6.07, 6.45) is 1.67. The first-order valence-electron chi connectivity index (χ1n) is 10.3. The van der Waals surface area contributed by atoms with Gasteiger partial charge in [-0.25, -0.2) is 9.07 Å². The van der Waals surface area contributed by atoms with E-state index in [4.69, 9.17) is 0 Å². The smallest absolute Gasteiger partial charge is 0.252 e. The molecule has 0 spiro atoms. The second-order valence-electron chi connectivity index (χ2n) is 7.48. The first-order chi connectivity index (χ1) is 15.7. The summed E-state index contributed by atoms with van der Waals surface area (Å²) < 4.78 is 15.0. The Bertz CT molecular complexity index is 1390. The minimum atomic E-state index is -0.305. The quantitative estimate of drug-likeness (QED) is 0.392. The number of carbonyl (C=O) groups excluding carboxylic acids is 1. The molecule has 156 valence electrons. The summed E-state index contributed by atoms with van der Waals surface area (Å²) in [4.78, 5) is 13.1. The van der Waals surface area contributed by atoms with E-state index in [-0.39, 0.29) is 11.7 Å². The average molecular weight is 421 g/mol. The van der Waals surface area contributed by atoms with E-state index in [1.54, 1.807) is 29.1 Å². The number of halogens is 1. The summed E-state index contributed by atoms with van der Waals surface area (Å²) in [5.41, 5.74) is 5.31. The van der Waals surface area contributed by atoms with E-state index >= 15 is 0 Å². The number of fused-ring (bicyclic) bond motifs is 1. The Labute approximate surface area is 184 Å². The molecule has 1 amide bonds. The molecule has 4 aromatic carbocycles. The van der Waals surface area contributed by atoms with Crippen LogP contribution in [0.3, 0.4) is 0 Å². The van der Waals surface area contributed by atoms with Crippen molar-refractivity contribution in [3.8, 4) is 16.8 Å². The Hall–Kier alpha value is -4.25. The van der Waals surface area contributed by atoms with E-state index in [0.717, 1.165) is 33.3 Å². The van der Waals surface area contributed by atoms with Crippen molar-refractivity contribution < 1.29 is 9.18 Å². The van der Waals surface area contributed by atoms with Gasteiger partial charge in [0.05, 0.1) is 23.0 Å². The lowest BCUT2D eigenvalue weighted by atomic mass is 9.99. The van der Waals surface area contributed by atoms with Gasteiger partial charge in [-0.1, -0.05) is 60.7 Å². The van der Waals surface area contributed by atoms with Crippen LogP contribution in [-0.2, 0) is 6.54 Å². The molecule has 4 nitrogen and oxygen atoms in total. The molecular weight excluding hydrogens is 401 g/mol. The molecule has 0 aliphatic carbocycles. The fraction of sp³-hybridized carbons (Fsp3) is 0.0370. The molecular formula is C27H20FN3O. The number of carbonyl (C=O) groups is 1. The largest absolute Gasteiger partial charge is 0.348 e. The first kappa shape index (κ1) is 19.7. The Kier molecular flexibility index (Phi) is 5.22. The molecule has 1 N–H and O–H groups in total. The molecule has 0 radical (unpaired) electrons. The van der Waals surface area contributed by atoms with Crippen LogP contribution in [0.2, 0.25) is 0 Å². The minimum absolute atomic E-state index is 0.169. The number of nitrogens with one attached hydrogen (secondary N) is 1. The third kappa shape index (κ3) is 3.76. The van der Waals surface area contributed by atoms with Crippen LogP contribution in [0.25, 0.3) is 27.7 Å². The Morgan fingerprint density at radius 2 is 1.59 bits per heavy atom. The van der Waals surface area contributed by atoms with Crippen LogP contribution >= 0.6 is 0 Å². The highest BCUT2D eigenvalue weighted by atomic mass is 19.1. The van der Waals surface area contributed by atoms with Crippen LogP contribution in [0.15, 0.2) is 103 Å². The maximum atomic E-state index is 13.3. The molecule has 0 saturated carbocycles. The molecule has 5 aromatic rings. The molecule has 32 heavy (non-hydrogen) atoms. The molecule has 5 heteroatoms. The Morgan fingerprint density at radius 3 is 2.41 bits per heavy atom. The van der Waals surface area contributed by atoms with Gasteiger partial charge in [0.25, 0.3) is 5.91 Å². The number of aromatic nitrogens is 2. The first-order valence-corrected chi connectivity index (χ1v) is 10.3. The van der Waals surface area contributed by atoms with E-state index in [0.29, 0.717) is 12.1 Å². The number of benzene rings is 4. The summed E-state index contributed by atoms with van der Waals surface area (Å²) in [5, 5.41) is 8.21. The number of nitrogens with zero attached hydrogens (tertiary/aromatic N) is 2. The molecule has 5 rings (SSSR count). The van der Waals surface area contributed by atoms with Crippen LogP contribution in [0.5, 0.6) is 0 Å². The van der Waals surface area contributed by atoms with E-state index in [1.807, 2.05) is 48.5 Å². The number of hydrogen-bond donors (Lipinski definition) is 1. The standard InChI is InChI=1S/C27H20FN3O/c28-21-13-15-22(16-14-21)31-26-12-6-11-24(25(26)18-30-31)27(32)29-17-20-9-4-5-10-23(20)19-7-2-1-3-8-19/h1-16,18H,17H2,(H,29,32). The lowest BCUT2D eigenvalue weighted by Crippen LogP contribution is -2.23. The van der Waals surface area contributed by atoms with E-state index in [9.17, 15) is 9.18 Å². The normalized spacial score (nSPS) is 10.9. The monoisotopic (exact) mass is 421 g/mol. The van der Waals surface area contributed by atoms with Crippen LogP contribution < -0.4 is 5.32 Å². The lowest BCUT2D eigenvalue weighted by molar-refractivity contribution is 0.0952. The topological polar surface area (TPSA) is 46.9 Å². The Morgan fingerprint density at radius 1 is 0.844 bits per heavy atom. The van der Waals surface area contributed by atoms with Gasteiger partial charge in [-0.05, 0) is 53.1 Å². The molecule has 0 atom stereocenters. The van der Waals surface area contributed by atoms with Crippen LogP contribution in [-0.4, -0.2) is 15.7 Å². The number of amides is 1. The fourth-order valence-corrected chi connectivity index (χ4v) is 3.88. The van der Waals surface area contributed by atoms with Gasteiger partial charge in [-0.3, -0.25) is 4.79 Å². The van der Waals surface area contributed by atoms with Crippen molar-refractivity contribution in [2.24, 2.45) is 0 Å². The van der Waals surface area contributed by atoms with Crippen molar-refractivity contribution in [1.82, 2.24) is 15.1 Å². The summed E-state index contributed by atoms with van der Waals surface area (Å²) in [6, 6.07) is 29.8. The summed E-state index contributed by atoms with van der Waals surface area (Å²) >= 11 is 0. The van der Waals surface area contributed by atoms with Crippen LogP contribution in [0.1, 0.15) is 15.9 Å². The zero-order chi connectivity index (χ0) is 21.9. The highest BCUT2D eigenvalue weighted by Gasteiger charge is 2.14. The van der Waals surface area contributed by atoms with E-state index in [2.05, 4.69) is 28.6 Å². The van der Waals surface area contributed by atoms with Gasteiger partial charge < -0.3 is 5.32 Å². The Balaban J connectivity index is 1.42. The molecule has 1 heterocycles. The second-order valence-corrected chi connectivity index (χ2v) is 7.48. The van der Waals surface area contributed by atoms with E-state index in [1.165, 1.54) is 12.1 Å². The molecule has 0 aliphatic heterocycles. The maximum absolute atomic E-state index is 13.3. The van der Waals surface area contributed by atoms with Gasteiger partial charge in [0.15, 0.2) is 0 Å². The van der Waals surface area contributed by atoms with Crippen molar-refractivity contribution >= 4 is 16.8 Å². The van der Waals surface area contributed by atoms with Crippen molar-refractivity contribution in [3.63, 3.8) is 0 Å². The summed E-state index contributed by atoms with van der Waals surface area (Å²) in [5.74, 6) is -0.474. The highest BCUT2D eigenvalue weighted by molar-refractivity contribution is 6.06. The van der Waals surface area contributed by atoms with Crippen molar-refractivity contribution in [1.29, 1.82) is 0 Å². The van der Waals surface area contributed by atoms with Gasteiger partial charge in [0.1, 0.15) is 5.82 Å². The van der Waals surface area contributed by atoms with Crippen molar-refractivity contribution in [3.05, 3.63) is 120 Å². The number of hydrogen-bond acceptors (Lipinski definition) is 2. The van der Waals surface area contributed by atoms with Gasteiger partial charge in [0.2, 0.25) is 0 Å². The third-order valence-electron chi connectivity index (χ3n) is 5.47. The molecule has 0 saturated heterocycles. The molecule has 0 fully saturated rings. The van der Waals surface area contributed by atoms with Crippen molar-refractivity contribution in [2.75, 3.05) is 0 Å². The minimum Gasteiger partial charge on any atom is -0.348 e. The van der Waals surface area contributed by atoms with Gasteiger partial charge in [-0.2, -0.15) is 5.10 Å². The predicted octanol–water partition coefficient (Wildman–Crippen LogP) is 5.76. The van der Waals surface area contributed by atoms with Crippen molar-refractivity contribution in [2.45, 2.75) is 6.54 Å². The van der Waals surface area contributed by atoms with E-state index < -0.39 is 0 Å². The van der Waals surface area contributed by atoms with Crippen LogP contribution in [0, 0.1) is 5.82 Å². The maximum Gasteiger partial charge on any atom is 0.252 e. The predicted molar refractivity (Wildman–Crippen MR) is 124 cm³/mol. The summed E-state index contributed by atoms with van der Waals surface area (Å²) in [7, 11) is 0. The SMILES string of the molecule is O=C(NCc1ccccc1-c1ccccc1)c1cccc2c1cnn2-c1ccc(F)cc1. The molecule has 0 aliphatic rings. The molecule has 0 bridgehead atoms. The summed E-state index contributed by atoms with van der Waals surface area (Å²) in [6.45, 7) is 0.409. The highest BCUT2D eigenvalue weighted by Crippen LogP contribution is 2.25. The van der Waals surface area contributed by atoms with Gasteiger partial charge in [0, 0.05) is 11.9 Å². The average Bonchev–Trinajstić information content (AvgIpc) is 3.28. The molecule has 0 unspecified atom stereocenters. The fourth-order valence-electron chi connectivity index (χ4n) is 3.88. The molecule has 1 aromatic heterocycles. The van der Waals surface area contributed by atoms with Crippen LogP contribution in [0.4, 0.5) is 4.39 Å². The second kappa shape index (κ2) is 8.47. The zero-order valence-electron chi connectivity index (χ0n) is 17.2. The number of rotatable bonds is 5. The van der Waals surface area contributed by atoms with Gasteiger partial charge in [-0.15, -0.1) is 0 Å². The lowest BCUT2D eigenvalue weighted by Gasteiger charge is -2.11. The van der Waals surface area contributed by atoms with Gasteiger partial charge >= 0.3 is 0 Å². The third-order valence-corrected chi connectivity index (χ3v) is 5.47. The zero-order valence-corrected chi connectivity index (χ0v) is 17.2.